The highest BCUT2D eigenvalue weighted by Crippen LogP contribution is 2.35. The molecule has 4 heteroatoms. The zero-order valence-corrected chi connectivity index (χ0v) is 12.2. The van der Waals surface area contributed by atoms with Gasteiger partial charge >= 0.3 is 0 Å². The van der Waals surface area contributed by atoms with E-state index >= 15 is 0 Å². The number of aryl methyl sites for hydroxylation is 1. The van der Waals surface area contributed by atoms with Crippen molar-refractivity contribution >= 4 is 22.3 Å². The minimum atomic E-state index is 0.854. The molecule has 0 unspecified atom stereocenters. The smallest absolute Gasteiger partial charge is 0.157 e. The fraction of sp³-hybridized carbons (Fsp3) is 0.0588. The maximum atomic E-state index is 5.97. The minimum Gasteiger partial charge on any atom is -0.454 e. The van der Waals surface area contributed by atoms with Gasteiger partial charge in [0.15, 0.2) is 5.76 Å². The number of aromatic nitrogens is 2. The standard InChI is InChI=1S/C17H12N2OS/c1-11-13-4-2-3-5-15(13)20-16(11)14-10-21-17(19-14)12-6-8-18-9-7-12/h2-10H,1H3. The van der Waals surface area contributed by atoms with Crippen LogP contribution in [-0.4, -0.2) is 9.97 Å². The van der Waals surface area contributed by atoms with Gasteiger partial charge in [0.25, 0.3) is 0 Å². The second kappa shape index (κ2) is 4.82. The zero-order valence-electron chi connectivity index (χ0n) is 11.4. The van der Waals surface area contributed by atoms with Crippen molar-refractivity contribution in [2.75, 3.05) is 0 Å². The van der Waals surface area contributed by atoms with Crippen LogP contribution in [0.25, 0.3) is 33.0 Å². The van der Waals surface area contributed by atoms with Crippen molar-refractivity contribution < 1.29 is 4.42 Å². The molecule has 0 N–H and O–H groups in total. The average Bonchev–Trinajstić information content (AvgIpc) is 3.14. The molecule has 3 aromatic heterocycles. The molecular formula is C17H12N2OS. The van der Waals surface area contributed by atoms with Gasteiger partial charge in [-0.25, -0.2) is 4.98 Å². The predicted molar refractivity (Wildman–Crippen MR) is 85.3 cm³/mol. The molecule has 4 aromatic rings. The lowest BCUT2D eigenvalue weighted by Crippen LogP contribution is -1.80. The number of benzene rings is 1. The Morgan fingerprint density at radius 1 is 1.05 bits per heavy atom. The van der Waals surface area contributed by atoms with Gasteiger partial charge in [-0.2, -0.15) is 0 Å². The van der Waals surface area contributed by atoms with Crippen molar-refractivity contribution in [1.82, 2.24) is 9.97 Å². The maximum Gasteiger partial charge on any atom is 0.157 e. The SMILES string of the molecule is Cc1c(-c2csc(-c3ccncc3)n2)oc2ccccc12. The Morgan fingerprint density at radius 3 is 2.67 bits per heavy atom. The Kier molecular flexibility index (Phi) is 2.82. The van der Waals surface area contributed by atoms with E-state index in [1.54, 1.807) is 23.7 Å². The molecule has 0 fully saturated rings. The van der Waals surface area contributed by atoms with E-state index in [0.29, 0.717) is 0 Å². The first-order valence-corrected chi connectivity index (χ1v) is 7.55. The van der Waals surface area contributed by atoms with Crippen molar-refractivity contribution in [3.63, 3.8) is 0 Å². The lowest BCUT2D eigenvalue weighted by atomic mass is 10.1. The third-order valence-corrected chi connectivity index (χ3v) is 4.40. The Bertz CT molecular complexity index is 909. The van der Waals surface area contributed by atoms with E-state index in [2.05, 4.69) is 18.0 Å². The van der Waals surface area contributed by atoms with Crippen molar-refractivity contribution in [3.05, 3.63) is 59.7 Å². The molecule has 0 aliphatic rings. The van der Waals surface area contributed by atoms with Gasteiger partial charge in [0, 0.05) is 34.3 Å². The van der Waals surface area contributed by atoms with Crippen LogP contribution in [-0.2, 0) is 0 Å². The monoisotopic (exact) mass is 292 g/mol. The molecule has 0 bridgehead atoms. The minimum absolute atomic E-state index is 0.854. The van der Waals surface area contributed by atoms with E-state index < -0.39 is 0 Å². The molecule has 0 amide bonds. The van der Waals surface area contributed by atoms with Gasteiger partial charge in [-0.15, -0.1) is 11.3 Å². The molecule has 1 aromatic carbocycles. The number of nitrogens with zero attached hydrogens (tertiary/aromatic N) is 2. The molecule has 21 heavy (non-hydrogen) atoms. The van der Waals surface area contributed by atoms with E-state index in [4.69, 9.17) is 9.40 Å². The van der Waals surface area contributed by atoms with Gasteiger partial charge in [-0.1, -0.05) is 18.2 Å². The fourth-order valence-corrected chi connectivity index (χ4v) is 3.23. The van der Waals surface area contributed by atoms with Crippen LogP contribution in [0, 0.1) is 6.92 Å². The van der Waals surface area contributed by atoms with Crippen molar-refractivity contribution in [1.29, 1.82) is 0 Å². The molecule has 4 rings (SSSR count). The van der Waals surface area contributed by atoms with Gasteiger partial charge in [0.2, 0.25) is 0 Å². The summed E-state index contributed by atoms with van der Waals surface area (Å²) < 4.78 is 5.97. The van der Waals surface area contributed by atoms with Crippen LogP contribution in [0.3, 0.4) is 0 Å². The molecule has 0 saturated carbocycles. The molecule has 0 atom stereocenters. The molecule has 0 spiro atoms. The van der Waals surface area contributed by atoms with Crippen LogP contribution in [0.2, 0.25) is 0 Å². The average molecular weight is 292 g/mol. The lowest BCUT2D eigenvalue weighted by Gasteiger charge is -1.94. The number of pyridine rings is 1. The Morgan fingerprint density at radius 2 is 1.86 bits per heavy atom. The number of hydrogen-bond donors (Lipinski definition) is 0. The summed E-state index contributed by atoms with van der Waals surface area (Å²) in [5, 5.41) is 4.17. The molecule has 0 saturated heterocycles. The molecule has 102 valence electrons. The van der Waals surface area contributed by atoms with E-state index in [9.17, 15) is 0 Å². The predicted octanol–water partition coefficient (Wildman–Crippen LogP) is 4.93. The number of para-hydroxylation sites is 1. The highest BCUT2D eigenvalue weighted by atomic mass is 32.1. The Labute approximate surface area is 125 Å². The van der Waals surface area contributed by atoms with Crippen LogP contribution in [0.1, 0.15) is 5.56 Å². The number of rotatable bonds is 2. The topological polar surface area (TPSA) is 38.9 Å². The van der Waals surface area contributed by atoms with Crippen LogP contribution in [0.5, 0.6) is 0 Å². The third-order valence-electron chi connectivity index (χ3n) is 3.51. The fourth-order valence-electron chi connectivity index (χ4n) is 2.42. The van der Waals surface area contributed by atoms with E-state index in [0.717, 1.165) is 38.6 Å². The summed E-state index contributed by atoms with van der Waals surface area (Å²) in [5.41, 5.74) is 4.01. The largest absolute Gasteiger partial charge is 0.454 e. The normalized spacial score (nSPS) is 11.1. The van der Waals surface area contributed by atoms with E-state index in [-0.39, 0.29) is 0 Å². The number of thiazole rings is 1. The third kappa shape index (κ3) is 2.04. The summed E-state index contributed by atoms with van der Waals surface area (Å²) >= 11 is 1.62. The summed E-state index contributed by atoms with van der Waals surface area (Å²) in [6, 6.07) is 12.0. The summed E-state index contributed by atoms with van der Waals surface area (Å²) in [6.45, 7) is 2.08. The molecule has 3 heterocycles. The lowest BCUT2D eigenvalue weighted by molar-refractivity contribution is 0.627. The first kappa shape index (κ1) is 12.3. The van der Waals surface area contributed by atoms with Crippen molar-refractivity contribution in [2.24, 2.45) is 0 Å². The Balaban J connectivity index is 1.83. The number of furan rings is 1. The number of fused-ring (bicyclic) bond motifs is 1. The molecular weight excluding hydrogens is 280 g/mol. The second-order valence-corrected chi connectivity index (χ2v) is 5.68. The zero-order chi connectivity index (χ0) is 14.2. The first-order chi connectivity index (χ1) is 10.3. The quantitative estimate of drug-likeness (QED) is 0.526. The number of hydrogen-bond acceptors (Lipinski definition) is 4. The molecule has 0 radical (unpaired) electrons. The van der Waals surface area contributed by atoms with E-state index in [1.807, 2.05) is 35.7 Å². The molecule has 3 nitrogen and oxygen atoms in total. The first-order valence-electron chi connectivity index (χ1n) is 6.67. The summed E-state index contributed by atoms with van der Waals surface area (Å²) in [6.07, 6.45) is 3.56. The van der Waals surface area contributed by atoms with Gasteiger partial charge in [0.05, 0.1) is 0 Å². The van der Waals surface area contributed by atoms with Crippen molar-refractivity contribution in [2.45, 2.75) is 6.92 Å². The molecule has 0 aliphatic heterocycles. The summed E-state index contributed by atoms with van der Waals surface area (Å²) in [5.74, 6) is 0.854. The van der Waals surface area contributed by atoms with Crippen molar-refractivity contribution in [3.8, 4) is 22.0 Å². The van der Waals surface area contributed by atoms with Crippen LogP contribution < -0.4 is 0 Å². The van der Waals surface area contributed by atoms with Gasteiger partial charge in [-0.05, 0) is 25.1 Å². The van der Waals surface area contributed by atoms with Crippen LogP contribution in [0.4, 0.5) is 0 Å². The van der Waals surface area contributed by atoms with E-state index in [1.165, 1.54) is 0 Å². The maximum absolute atomic E-state index is 5.97. The highest BCUT2D eigenvalue weighted by molar-refractivity contribution is 7.13. The highest BCUT2D eigenvalue weighted by Gasteiger charge is 2.15. The van der Waals surface area contributed by atoms with Crippen LogP contribution >= 0.6 is 11.3 Å². The van der Waals surface area contributed by atoms with Gasteiger partial charge in [0.1, 0.15) is 16.3 Å². The summed E-state index contributed by atoms with van der Waals surface area (Å²) in [7, 11) is 0. The van der Waals surface area contributed by atoms with Crippen LogP contribution in [0.15, 0.2) is 58.6 Å². The molecule has 0 aliphatic carbocycles. The van der Waals surface area contributed by atoms with Gasteiger partial charge < -0.3 is 4.42 Å². The summed E-state index contributed by atoms with van der Waals surface area (Å²) in [4.78, 5) is 8.74. The Hall–Kier alpha value is -2.46. The van der Waals surface area contributed by atoms with Gasteiger partial charge in [-0.3, -0.25) is 4.98 Å². The second-order valence-electron chi connectivity index (χ2n) is 4.83.